The molecule has 0 aliphatic carbocycles. The molecule has 1 aromatic carbocycles. The minimum absolute atomic E-state index is 0.189. The molecule has 0 unspecified atom stereocenters. The Labute approximate surface area is 175 Å². The molecule has 1 heterocycles. The first-order valence-electron chi connectivity index (χ1n) is 10.7. The van der Waals surface area contributed by atoms with Gasteiger partial charge in [0.15, 0.2) is 0 Å². The minimum atomic E-state index is -1.05. The van der Waals surface area contributed by atoms with Crippen molar-refractivity contribution in [3.63, 3.8) is 0 Å². The van der Waals surface area contributed by atoms with Crippen LogP contribution in [0.3, 0.4) is 0 Å². The number of esters is 1. The van der Waals surface area contributed by atoms with Gasteiger partial charge in [0.25, 0.3) is 0 Å². The van der Waals surface area contributed by atoms with Gasteiger partial charge in [-0.25, -0.2) is 4.79 Å². The number of aromatic hydroxyl groups is 1. The van der Waals surface area contributed by atoms with E-state index in [2.05, 4.69) is 39.8 Å². The maximum atomic E-state index is 12.8. The van der Waals surface area contributed by atoms with Crippen molar-refractivity contribution in [3.8, 4) is 11.5 Å². The van der Waals surface area contributed by atoms with Gasteiger partial charge < -0.3 is 14.6 Å². The summed E-state index contributed by atoms with van der Waals surface area (Å²) in [4.78, 5) is 12.8. The molecule has 2 rings (SSSR count). The molecule has 0 radical (unpaired) electrons. The van der Waals surface area contributed by atoms with E-state index < -0.39 is 5.79 Å². The average Bonchev–Trinajstić information content (AvgIpc) is 2.59. The van der Waals surface area contributed by atoms with Crippen LogP contribution in [0.15, 0.2) is 29.4 Å². The predicted octanol–water partition coefficient (Wildman–Crippen LogP) is 6.65. The van der Waals surface area contributed by atoms with Crippen LogP contribution >= 0.6 is 0 Å². The van der Waals surface area contributed by atoms with Gasteiger partial charge in [0, 0.05) is 19.4 Å². The van der Waals surface area contributed by atoms with Gasteiger partial charge >= 0.3 is 5.97 Å². The van der Waals surface area contributed by atoms with Crippen LogP contribution in [0.1, 0.15) is 95.1 Å². The summed E-state index contributed by atoms with van der Waals surface area (Å²) in [5.74, 6) is -0.747. The van der Waals surface area contributed by atoms with E-state index >= 15 is 0 Å². The summed E-state index contributed by atoms with van der Waals surface area (Å²) in [7, 11) is 0. The zero-order valence-corrected chi connectivity index (χ0v) is 18.9. The lowest BCUT2D eigenvalue weighted by molar-refractivity contribution is -0.128. The molecular formula is C25H36O4. The highest BCUT2D eigenvalue weighted by atomic mass is 16.7. The van der Waals surface area contributed by atoms with E-state index in [0.717, 1.165) is 44.1 Å². The fourth-order valence-electron chi connectivity index (χ4n) is 3.54. The van der Waals surface area contributed by atoms with Gasteiger partial charge in [-0.1, -0.05) is 43.1 Å². The lowest BCUT2D eigenvalue weighted by atomic mass is 9.94. The summed E-state index contributed by atoms with van der Waals surface area (Å²) in [5, 5.41) is 10.8. The molecular weight excluding hydrogens is 364 g/mol. The third-order valence-corrected chi connectivity index (χ3v) is 5.13. The third kappa shape index (κ3) is 6.38. The highest BCUT2D eigenvalue weighted by Gasteiger charge is 2.37. The monoisotopic (exact) mass is 400 g/mol. The Morgan fingerprint density at radius 1 is 1.14 bits per heavy atom. The Morgan fingerprint density at radius 2 is 1.86 bits per heavy atom. The molecule has 1 aromatic rings. The van der Waals surface area contributed by atoms with Crippen LogP contribution in [0.4, 0.5) is 0 Å². The van der Waals surface area contributed by atoms with Crippen LogP contribution < -0.4 is 4.74 Å². The van der Waals surface area contributed by atoms with E-state index in [1.54, 1.807) is 19.9 Å². The van der Waals surface area contributed by atoms with Crippen molar-refractivity contribution in [2.75, 3.05) is 0 Å². The largest absolute Gasteiger partial charge is 0.508 e. The van der Waals surface area contributed by atoms with Crippen molar-refractivity contribution in [1.82, 2.24) is 0 Å². The number of carbonyl (C=O) groups excluding carboxylic acids is 1. The van der Waals surface area contributed by atoms with E-state index in [1.807, 2.05) is 0 Å². The number of carbonyl (C=O) groups is 1. The molecule has 0 fully saturated rings. The number of cyclic esters (lactones) is 1. The molecule has 160 valence electrons. The number of rotatable bonds is 9. The molecule has 0 atom stereocenters. The van der Waals surface area contributed by atoms with Crippen LogP contribution in [0, 0.1) is 0 Å². The van der Waals surface area contributed by atoms with Gasteiger partial charge in [-0.3, -0.25) is 0 Å². The van der Waals surface area contributed by atoms with Crippen molar-refractivity contribution >= 4 is 5.97 Å². The quantitative estimate of drug-likeness (QED) is 0.286. The van der Waals surface area contributed by atoms with Crippen LogP contribution in [0.25, 0.3) is 0 Å². The molecule has 29 heavy (non-hydrogen) atoms. The Hall–Kier alpha value is -2.23. The number of hydrogen-bond acceptors (Lipinski definition) is 4. The third-order valence-electron chi connectivity index (χ3n) is 5.13. The first-order chi connectivity index (χ1) is 13.6. The molecule has 0 saturated heterocycles. The minimum Gasteiger partial charge on any atom is -0.508 e. The molecule has 4 nitrogen and oxygen atoms in total. The molecule has 0 spiro atoms. The smallest absolute Gasteiger partial charge is 0.345 e. The first-order valence-corrected chi connectivity index (χ1v) is 10.7. The number of hydrogen-bond donors (Lipinski definition) is 1. The maximum absolute atomic E-state index is 12.8. The van der Waals surface area contributed by atoms with Gasteiger partial charge in [0.2, 0.25) is 5.79 Å². The number of ether oxygens (including phenoxy) is 2. The second-order valence-corrected chi connectivity index (χ2v) is 8.66. The molecule has 0 aromatic heterocycles. The summed E-state index contributed by atoms with van der Waals surface area (Å²) in [6.07, 6.45) is 10.7. The number of unbranched alkanes of at least 4 members (excludes halogenated alkanes) is 2. The SMILES string of the molecule is CCCCCc1cc(O)c(CC=C(C)CCC=C(C)C)c2c1C(=O)OC(C)(C)O2. The topological polar surface area (TPSA) is 55.8 Å². The fourth-order valence-corrected chi connectivity index (χ4v) is 3.54. The molecule has 0 amide bonds. The summed E-state index contributed by atoms with van der Waals surface area (Å²) >= 11 is 0. The summed E-state index contributed by atoms with van der Waals surface area (Å²) in [6, 6.07) is 1.72. The van der Waals surface area contributed by atoms with Crippen molar-refractivity contribution in [2.45, 2.75) is 92.3 Å². The van der Waals surface area contributed by atoms with Gasteiger partial charge in [0.1, 0.15) is 17.1 Å². The van der Waals surface area contributed by atoms with Crippen LogP contribution in [0.2, 0.25) is 0 Å². The van der Waals surface area contributed by atoms with Crippen molar-refractivity contribution in [1.29, 1.82) is 0 Å². The van der Waals surface area contributed by atoms with Crippen LogP contribution in [-0.2, 0) is 17.6 Å². The highest BCUT2D eigenvalue weighted by molar-refractivity contribution is 5.96. The van der Waals surface area contributed by atoms with Crippen LogP contribution in [0.5, 0.6) is 11.5 Å². The Morgan fingerprint density at radius 3 is 2.52 bits per heavy atom. The van der Waals surface area contributed by atoms with E-state index in [4.69, 9.17) is 9.47 Å². The number of benzene rings is 1. The highest BCUT2D eigenvalue weighted by Crippen LogP contribution is 2.42. The molecule has 0 bridgehead atoms. The fraction of sp³-hybridized carbons (Fsp3) is 0.560. The predicted molar refractivity (Wildman–Crippen MR) is 118 cm³/mol. The van der Waals surface area contributed by atoms with Gasteiger partial charge in [0.05, 0.1) is 0 Å². The van der Waals surface area contributed by atoms with E-state index in [-0.39, 0.29) is 11.7 Å². The summed E-state index contributed by atoms with van der Waals surface area (Å²) in [6.45, 7) is 11.9. The molecule has 1 aliphatic rings. The lowest BCUT2D eigenvalue weighted by Crippen LogP contribution is -2.39. The molecule has 0 saturated carbocycles. The standard InChI is InChI=1S/C25H36O4/c1-7-8-9-13-19-16-21(26)20(15-14-18(4)12-10-11-17(2)3)23-22(19)24(27)29-25(5,6)28-23/h11,14,16,26H,7-10,12-13,15H2,1-6H3. The Kier molecular flexibility index (Phi) is 7.95. The Bertz CT molecular complexity index is 796. The zero-order valence-electron chi connectivity index (χ0n) is 18.9. The van der Waals surface area contributed by atoms with E-state index in [0.29, 0.717) is 23.3 Å². The number of aryl methyl sites for hydroxylation is 1. The van der Waals surface area contributed by atoms with Gasteiger partial charge in [-0.2, -0.15) is 0 Å². The number of phenols is 1. The lowest BCUT2D eigenvalue weighted by Gasteiger charge is -2.34. The Balaban J connectivity index is 2.36. The zero-order chi connectivity index (χ0) is 21.6. The first kappa shape index (κ1) is 23.1. The molecule has 4 heteroatoms. The second kappa shape index (κ2) is 10.00. The van der Waals surface area contributed by atoms with Gasteiger partial charge in [-0.05, 0) is 64.5 Å². The number of allylic oxidation sites excluding steroid dienone is 4. The van der Waals surface area contributed by atoms with Crippen LogP contribution in [-0.4, -0.2) is 16.9 Å². The summed E-state index contributed by atoms with van der Waals surface area (Å²) < 4.78 is 11.5. The molecule has 1 aliphatic heterocycles. The normalized spacial score (nSPS) is 15.4. The number of fused-ring (bicyclic) bond motifs is 1. The van der Waals surface area contributed by atoms with Crippen molar-refractivity contribution in [2.24, 2.45) is 0 Å². The van der Waals surface area contributed by atoms with Gasteiger partial charge in [-0.15, -0.1) is 0 Å². The summed E-state index contributed by atoms with van der Waals surface area (Å²) in [5.41, 5.74) is 4.51. The van der Waals surface area contributed by atoms with Crippen molar-refractivity contribution < 1.29 is 19.4 Å². The maximum Gasteiger partial charge on any atom is 0.345 e. The average molecular weight is 401 g/mol. The van der Waals surface area contributed by atoms with E-state index in [9.17, 15) is 9.90 Å². The second-order valence-electron chi connectivity index (χ2n) is 8.66. The van der Waals surface area contributed by atoms with E-state index in [1.165, 1.54) is 11.1 Å². The molecule has 1 N–H and O–H groups in total. The number of phenolic OH excluding ortho intramolecular Hbond substituents is 1. The van der Waals surface area contributed by atoms with Crippen molar-refractivity contribution in [3.05, 3.63) is 46.1 Å².